The summed E-state index contributed by atoms with van der Waals surface area (Å²) in [5.41, 5.74) is 4.98. The van der Waals surface area contributed by atoms with Crippen LogP contribution in [0.1, 0.15) is 5.56 Å². The molecule has 0 saturated carbocycles. The standard InChI is InChI=1S/C16H12IN5O/c17-13-6-7-15(23)12(8-13)9-18-21-16-20-14(10-19-22-16)11-4-2-1-3-5-11/h1-10,23H,(H,20,21,22). The number of halogens is 1. The number of nitrogens with one attached hydrogen (secondary N) is 1. The monoisotopic (exact) mass is 417 g/mol. The zero-order valence-electron chi connectivity index (χ0n) is 11.9. The van der Waals surface area contributed by atoms with Crippen LogP contribution in [0.2, 0.25) is 0 Å². The van der Waals surface area contributed by atoms with E-state index in [9.17, 15) is 5.11 Å². The predicted octanol–water partition coefficient (Wildman–Crippen LogP) is 3.29. The fourth-order valence-electron chi connectivity index (χ4n) is 1.89. The van der Waals surface area contributed by atoms with Gasteiger partial charge in [-0.3, -0.25) is 0 Å². The molecule has 0 aliphatic carbocycles. The van der Waals surface area contributed by atoms with Crippen molar-refractivity contribution < 1.29 is 5.11 Å². The highest BCUT2D eigenvalue weighted by Gasteiger charge is 2.02. The van der Waals surface area contributed by atoms with Gasteiger partial charge < -0.3 is 5.11 Å². The van der Waals surface area contributed by atoms with E-state index >= 15 is 0 Å². The van der Waals surface area contributed by atoms with E-state index in [4.69, 9.17) is 0 Å². The van der Waals surface area contributed by atoms with E-state index in [2.05, 4.69) is 48.3 Å². The minimum Gasteiger partial charge on any atom is -0.507 e. The summed E-state index contributed by atoms with van der Waals surface area (Å²) in [5.74, 6) is 0.445. The Bertz CT molecular complexity index is 839. The van der Waals surface area contributed by atoms with Gasteiger partial charge in [-0.2, -0.15) is 10.2 Å². The molecular weight excluding hydrogens is 405 g/mol. The number of hydrazone groups is 1. The first-order valence-electron chi connectivity index (χ1n) is 6.75. The van der Waals surface area contributed by atoms with Crippen LogP contribution in [0.5, 0.6) is 5.75 Å². The van der Waals surface area contributed by atoms with Crippen molar-refractivity contribution in [2.75, 3.05) is 5.43 Å². The molecule has 0 unspecified atom stereocenters. The number of hydrogen-bond donors (Lipinski definition) is 2. The molecule has 0 aliphatic rings. The third kappa shape index (κ3) is 4.01. The van der Waals surface area contributed by atoms with E-state index in [-0.39, 0.29) is 11.7 Å². The van der Waals surface area contributed by atoms with Crippen molar-refractivity contribution in [2.24, 2.45) is 5.10 Å². The molecule has 0 saturated heterocycles. The van der Waals surface area contributed by atoms with Crippen LogP contribution in [0.25, 0.3) is 11.3 Å². The van der Waals surface area contributed by atoms with Gasteiger partial charge in [0.15, 0.2) is 0 Å². The molecule has 3 aromatic rings. The Morgan fingerprint density at radius 2 is 1.96 bits per heavy atom. The maximum absolute atomic E-state index is 9.76. The van der Waals surface area contributed by atoms with Crippen LogP contribution in [-0.4, -0.2) is 26.5 Å². The molecule has 0 fully saturated rings. The number of nitrogens with zero attached hydrogens (tertiary/aromatic N) is 4. The number of phenolic OH excluding ortho intramolecular Hbond substituents is 1. The molecule has 3 rings (SSSR count). The zero-order chi connectivity index (χ0) is 16.1. The van der Waals surface area contributed by atoms with Crippen LogP contribution in [0.3, 0.4) is 0 Å². The van der Waals surface area contributed by atoms with Crippen molar-refractivity contribution in [1.82, 2.24) is 15.2 Å². The number of anilines is 1. The fourth-order valence-corrected chi connectivity index (χ4v) is 2.40. The summed E-state index contributed by atoms with van der Waals surface area (Å²) < 4.78 is 1.01. The third-order valence-electron chi connectivity index (χ3n) is 2.99. The van der Waals surface area contributed by atoms with E-state index in [1.165, 1.54) is 6.21 Å². The lowest BCUT2D eigenvalue weighted by atomic mass is 10.2. The Labute approximate surface area is 146 Å². The van der Waals surface area contributed by atoms with E-state index in [1.54, 1.807) is 12.3 Å². The van der Waals surface area contributed by atoms with Gasteiger partial charge in [0.1, 0.15) is 5.75 Å². The number of aromatic nitrogens is 3. The maximum Gasteiger partial charge on any atom is 0.263 e. The Balaban J connectivity index is 1.76. The largest absolute Gasteiger partial charge is 0.507 e. The summed E-state index contributed by atoms with van der Waals surface area (Å²) >= 11 is 2.17. The highest BCUT2D eigenvalue weighted by Crippen LogP contribution is 2.18. The average molecular weight is 417 g/mol. The second-order valence-corrected chi connectivity index (χ2v) is 5.85. The molecule has 0 spiro atoms. The van der Waals surface area contributed by atoms with Gasteiger partial charge in [-0.05, 0) is 40.8 Å². The summed E-state index contributed by atoms with van der Waals surface area (Å²) in [6.07, 6.45) is 3.10. The van der Waals surface area contributed by atoms with Gasteiger partial charge in [-0.15, -0.1) is 5.10 Å². The Kier molecular flexibility index (Phi) is 4.77. The van der Waals surface area contributed by atoms with Gasteiger partial charge in [0.05, 0.1) is 18.1 Å². The Hall–Kier alpha value is -2.55. The van der Waals surface area contributed by atoms with E-state index < -0.39 is 0 Å². The first-order chi connectivity index (χ1) is 11.2. The summed E-state index contributed by atoms with van der Waals surface area (Å²) in [4.78, 5) is 4.35. The van der Waals surface area contributed by atoms with Crippen LogP contribution >= 0.6 is 22.6 Å². The van der Waals surface area contributed by atoms with Crippen LogP contribution in [-0.2, 0) is 0 Å². The van der Waals surface area contributed by atoms with Crippen molar-refractivity contribution in [3.8, 4) is 17.0 Å². The number of aromatic hydroxyl groups is 1. The van der Waals surface area contributed by atoms with Gasteiger partial charge in [0.25, 0.3) is 5.95 Å². The molecule has 1 aromatic heterocycles. The third-order valence-corrected chi connectivity index (χ3v) is 3.66. The smallest absolute Gasteiger partial charge is 0.263 e. The number of phenols is 1. The molecule has 0 amide bonds. The lowest BCUT2D eigenvalue weighted by molar-refractivity contribution is 0.474. The van der Waals surface area contributed by atoms with Crippen LogP contribution in [0.15, 0.2) is 59.8 Å². The average Bonchev–Trinajstić information content (AvgIpc) is 2.59. The van der Waals surface area contributed by atoms with Crippen LogP contribution < -0.4 is 5.43 Å². The molecule has 2 aromatic carbocycles. The number of hydrogen-bond acceptors (Lipinski definition) is 6. The van der Waals surface area contributed by atoms with Crippen molar-refractivity contribution in [2.45, 2.75) is 0 Å². The minimum absolute atomic E-state index is 0.160. The quantitative estimate of drug-likeness (QED) is 0.387. The van der Waals surface area contributed by atoms with E-state index in [0.29, 0.717) is 11.3 Å². The maximum atomic E-state index is 9.76. The second kappa shape index (κ2) is 7.14. The zero-order valence-corrected chi connectivity index (χ0v) is 14.0. The highest BCUT2D eigenvalue weighted by atomic mass is 127. The first-order valence-corrected chi connectivity index (χ1v) is 7.83. The van der Waals surface area contributed by atoms with Crippen molar-refractivity contribution >= 4 is 34.8 Å². The lowest BCUT2D eigenvalue weighted by Crippen LogP contribution is -2.00. The van der Waals surface area contributed by atoms with Gasteiger partial charge in [-0.1, -0.05) is 30.3 Å². The highest BCUT2D eigenvalue weighted by molar-refractivity contribution is 14.1. The molecule has 114 valence electrons. The summed E-state index contributed by atoms with van der Waals surface area (Å²) in [5, 5.41) is 21.6. The predicted molar refractivity (Wildman–Crippen MR) is 97.3 cm³/mol. The van der Waals surface area contributed by atoms with Gasteiger partial charge >= 0.3 is 0 Å². The molecule has 0 bridgehead atoms. The number of benzene rings is 2. The molecule has 23 heavy (non-hydrogen) atoms. The van der Waals surface area contributed by atoms with Crippen molar-refractivity contribution in [3.63, 3.8) is 0 Å². The lowest BCUT2D eigenvalue weighted by Gasteiger charge is -2.02. The molecule has 0 radical (unpaired) electrons. The normalized spacial score (nSPS) is 10.8. The van der Waals surface area contributed by atoms with Crippen LogP contribution in [0.4, 0.5) is 5.95 Å². The van der Waals surface area contributed by atoms with Gasteiger partial charge in [0, 0.05) is 14.7 Å². The molecule has 6 nitrogen and oxygen atoms in total. The molecule has 0 aliphatic heterocycles. The minimum atomic E-state index is 0.160. The molecular formula is C16H12IN5O. The summed E-state index contributed by atoms with van der Waals surface area (Å²) in [6.45, 7) is 0. The summed E-state index contributed by atoms with van der Waals surface area (Å²) in [6, 6.07) is 15.0. The van der Waals surface area contributed by atoms with E-state index in [1.807, 2.05) is 42.5 Å². The molecule has 0 atom stereocenters. The topological polar surface area (TPSA) is 83.3 Å². The van der Waals surface area contributed by atoms with E-state index in [0.717, 1.165) is 9.13 Å². The Morgan fingerprint density at radius 3 is 2.78 bits per heavy atom. The molecule has 1 heterocycles. The van der Waals surface area contributed by atoms with Gasteiger partial charge in [-0.25, -0.2) is 10.4 Å². The fraction of sp³-hybridized carbons (Fsp3) is 0. The number of rotatable bonds is 4. The molecule has 2 N–H and O–H groups in total. The Morgan fingerprint density at radius 1 is 1.13 bits per heavy atom. The summed E-state index contributed by atoms with van der Waals surface area (Å²) in [7, 11) is 0. The van der Waals surface area contributed by atoms with Gasteiger partial charge in [0.2, 0.25) is 0 Å². The second-order valence-electron chi connectivity index (χ2n) is 4.60. The van der Waals surface area contributed by atoms with Crippen molar-refractivity contribution in [3.05, 3.63) is 63.9 Å². The SMILES string of the molecule is Oc1ccc(I)cc1C=NNc1nncc(-c2ccccc2)n1. The van der Waals surface area contributed by atoms with Crippen molar-refractivity contribution in [1.29, 1.82) is 0 Å². The molecule has 7 heteroatoms. The van der Waals surface area contributed by atoms with Crippen LogP contribution in [0, 0.1) is 3.57 Å². The first kappa shape index (κ1) is 15.3.